The van der Waals surface area contributed by atoms with E-state index in [9.17, 15) is 18.0 Å². The standard InChI is InChI=1S/C15H20N2O4S/c1-11-2-6-13(7-3-11)22(20,21)9-8-14(18)16-10-15(19)17-12-4-5-12/h2-3,6-7,12H,4-5,8-10H2,1H3,(H,16,18)(H,17,19). The molecule has 0 aliphatic heterocycles. The van der Waals surface area contributed by atoms with Crippen LogP contribution in [0.3, 0.4) is 0 Å². The Hall–Kier alpha value is -1.89. The minimum Gasteiger partial charge on any atom is -0.352 e. The normalized spacial score (nSPS) is 14.4. The number of amides is 2. The monoisotopic (exact) mass is 324 g/mol. The highest BCUT2D eigenvalue weighted by molar-refractivity contribution is 7.91. The van der Waals surface area contributed by atoms with Crippen molar-refractivity contribution in [2.75, 3.05) is 12.3 Å². The molecule has 0 saturated heterocycles. The van der Waals surface area contributed by atoms with Crippen LogP contribution in [-0.2, 0) is 19.4 Å². The van der Waals surface area contributed by atoms with Gasteiger partial charge < -0.3 is 10.6 Å². The summed E-state index contributed by atoms with van der Waals surface area (Å²) in [6.45, 7) is 1.76. The fraction of sp³-hybridized carbons (Fsp3) is 0.467. The Balaban J connectivity index is 1.76. The highest BCUT2D eigenvalue weighted by atomic mass is 32.2. The lowest BCUT2D eigenvalue weighted by Crippen LogP contribution is -2.38. The maximum absolute atomic E-state index is 12.1. The molecule has 1 fully saturated rings. The van der Waals surface area contributed by atoms with Crippen LogP contribution in [0.4, 0.5) is 0 Å². The first kappa shape index (κ1) is 16.5. The average molecular weight is 324 g/mol. The van der Waals surface area contributed by atoms with Gasteiger partial charge in [-0.2, -0.15) is 0 Å². The second-order valence-electron chi connectivity index (χ2n) is 5.50. The number of carbonyl (C=O) groups excluding carboxylic acids is 2. The Labute approximate surface area is 130 Å². The zero-order chi connectivity index (χ0) is 16.2. The van der Waals surface area contributed by atoms with Gasteiger partial charge in [-0.05, 0) is 31.9 Å². The van der Waals surface area contributed by atoms with E-state index in [1.54, 1.807) is 12.1 Å². The molecule has 6 nitrogen and oxygen atoms in total. The van der Waals surface area contributed by atoms with Gasteiger partial charge in [0, 0.05) is 12.5 Å². The van der Waals surface area contributed by atoms with E-state index in [4.69, 9.17) is 0 Å². The van der Waals surface area contributed by atoms with Crippen LogP contribution < -0.4 is 10.6 Å². The van der Waals surface area contributed by atoms with Crippen molar-refractivity contribution in [3.05, 3.63) is 29.8 Å². The summed E-state index contributed by atoms with van der Waals surface area (Å²) in [6, 6.07) is 6.74. The molecule has 0 unspecified atom stereocenters. The molecule has 0 heterocycles. The second kappa shape index (κ2) is 6.91. The van der Waals surface area contributed by atoms with Gasteiger partial charge in [-0.15, -0.1) is 0 Å². The summed E-state index contributed by atoms with van der Waals surface area (Å²) in [7, 11) is -3.48. The Bertz CT molecular complexity index is 649. The van der Waals surface area contributed by atoms with Crippen LogP contribution in [-0.4, -0.2) is 38.6 Å². The van der Waals surface area contributed by atoms with E-state index in [0.29, 0.717) is 0 Å². The fourth-order valence-electron chi connectivity index (χ4n) is 1.86. The van der Waals surface area contributed by atoms with E-state index >= 15 is 0 Å². The van der Waals surface area contributed by atoms with Crippen LogP contribution in [0, 0.1) is 6.92 Å². The summed E-state index contributed by atoms with van der Waals surface area (Å²) in [5, 5.41) is 5.17. The van der Waals surface area contributed by atoms with Crippen LogP contribution in [0.5, 0.6) is 0 Å². The molecule has 1 aromatic carbocycles. The van der Waals surface area contributed by atoms with Crippen molar-refractivity contribution >= 4 is 21.7 Å². The van der Waals surface area contributed by atoms with Crippen LogP contribution in [0.25, 0.3) is 0 Å². The Kier molecular flexibility index (Phi) is 5.18. The molecule has 1 aliphatic rings. The second-order valence-corrected chi connectivity index (χ2v) is 7.61. The van der Waals surface area contributed by atoms with Gasteiger partial charge in [0.2, 0.25) is 11.8 Å². The molecular formula is C15H20N2O4S. The SMILES string of the molecule is Cc1ccc(S(=O)(=O)CCC(=O)NCC(=O)NC2CC2)cc1. The van der Waals surface area contributed by atoms with Gasteiger partial charge in [-0.1, -0.05) is 17.7 Å². The number of hydrogen-bond acceptors (Lipinski definition) is 4. The molecule has 22 heavy (non-hydrogen) atoms. The average Bonchev–Trinajstić information content (AvgIpc) is 3.27. The summed E-state index contributed by atoms with van der Waals surface area (Å²) in [6.07, 6.45) is 1.80. The Morgan fingerprint density at radius 2 is 1.77 bits per heavy atom. The number of carbonyl (C=O) groups is 2. The van der Waals surface area contributed by atoms with E-state index < -0.39 is 15.7 Å². The number of hydrogen-bond donors (Lipinski definition) is 2. The van der Waals surface area contributed by atoms with Gasteiger partial charge in [0.05, 0.1) is 17.2 Å². The van der Waals surface area contributed by atoms with Gasteiger partial charge in [-0.25, -0.2) is 8.42 Å². The molecule has 2 amide bonds. The van der Waals surface area contributed by atoms with Crippen LogP contribution in [0.15, 0.2) is 29.2 Å². The molecule has 1 aromatic rings. The quantitative estimate of drug-likeness (QED) is 0.766. The van der Waals surface area contributed by atoms with Crippen LogP contribution >= 0.6 is 0 Å². The summed E-state index contributed by atoms with van der Waals surface area (Å²) in [5.74, 6) is -0.953. The first-order chi connectivity index (χ1) is 10.4. The van der Waals surface area contributed by atoms with Crippen molar-refractivity contribution < 1.29 is 18.0 Å². The molecule has 0 bridgehead atoms. The predicted octanol–water partition coefficient (Wildman–Crippen LogP) is 0.554. The summed E-state index contributed by atoms with van der Waals surface area (Å²) in [4.78, 5) is 23.2. The van der Waals surface area contributed by atoms with Gasteiger partial charge in [0.25, 0.3) is 0 Å². The van der Waals surface area contributed by atoms with E-state index in [1.165, 1.54) is 12.1 Å². The minimum absolute atomic E-state index is 0.111. The third kappa shape index (κ3) is 5.14. The van der Waals surface area contributed by atoms with Crippen molar-refractivity contribution in [1.82, 2.24) is 10.6 Å². The first-order valence-electron chi connectivity index (χ1n) is 7.22. The molecule has 2 N–H and O–H groups in total. The lowest BCUT2D eigenvalue weighted by atomic mass is 10.2. The van der Waals surface area contributed by atoms with E-state index in [0.717, 1.165) is 18.4 Å². The highest BCUT2D eigenvalue weighted by Gasteiger charge is 2.23. The largest absolute Gasteiger partial charge is 0.352 e. The van der Waals surface area contributed by atoms with Crippen molar-refractivity contribution in [3.63, 3.8) is 0 Å². The maximum Gasteiger partial charge on any atom is 0.239 e. The van der Waals surface area contributed by atoms with Crippen molar-refractivity contribution in [2.45, 2.75) is 37.1 Å². The van der Waals surface area contributed by atoms with E-state index in [1.807, 2.05) is 6.92 Å². The topological polar surface area (TPSA) is 92.3 Å². The summed E-state index contributed by atoms with van der Waals surface area (Å²) in [5.41, 5.74) is 0.971. The zero-order valence-corrected chi connectivity index (χ0v) is 13.3. The Morgan fingerprint density at radius 3 is 2.36 bits per heavy atom. The Morgan fingerprint density at radius 1 is 1.14 bits per heavy atom. The first-order valence-corrected chi connectivity index (χ1v) is 8.87. The number of nitrogens with one attached hydrogen (secondary N) is 2. The maximum atomic E-state index is 12.1. The lowest BCUT2D eigenvalue weighted by molar-refractivity contribution is -0.125. The molecule has 1 saturated carbocycles. The van der Waals surface area contributed by atoms with Gasteiger partial charge in [0.1, 0.15) is 0 Å². The van der Waals surface area contributed by atoms with Crippen molar-refractivity contribution in [2.24, 2.45) is 0 Å². The van der Waals surface area contributed by atoms with Crippen LogP contribution in [0.2, 0.25) is 0 Å². The smallest absolute Gasteiger partial charge is 0.239 e. The molecular weight excluding hydrogens is 304 g/mol. The van der Waals surface area contributed by atoms with Crippen molar-refractivity contribution in [1.29, 1.82) is 0 Å². The number of rotatable bonds is 7. The van der Waals surface area contributed by atoms with Crippen molar-refractivity contribution in [3.8, 4) is 0 Å². The van der Waals surface area contributed by atoms with E-state index in [-0.39, 0.29) is 35.6 Å². The number of sulfone groups is 1. The summed E-state index contributed by atoms with van der Waals surface area (Å²) < 4.78 is 24.2. The van der Waals surface area contributed by atoms with E-state index in [2.05, 4.69) is 10.6 Å². The predicted molar refractivity (Wildman–Crippen MR) is 82.0 cm³/mol. The van der Waals surface area contributed by atoms with Crippen LogP contribution in [0.1, 0.15) is 24.8 Å². The van der Waals surface area contributed by atoms with Gasteiger partial charge in [0.15, 0.2) is 9.84 Å². The molecule has 0 radical (unpaired) electrons. The zero-order valence-electron chi connectivity index (χ0n) is 12.5. The fourth-order valence-corrected chi connectivity index (χ4v) is 3.10. The molecule has 2 rings (SSSR count). The molecule has 0 spiro atoms. The molecule has 0 aromatic heterocycles. The minimum atomic E-state index is -3.48. The molecule has 1 aliphatic carbocycles. The third-order valence-electron chi connectivity index (χ3n) is 3.37. The highest BCUT2D eigenvalue weighted by Crippen LogP contribution is 2.18. The van der Waals surface area contributed by atoms with Gasteiger partial charge in [-0.3, -0.25) is 9.59 Å². The molecule has 120 valence electrons. The summed E-state index contributed by atoms with van der Waals surface area (Å²) >= 11 is 0. The number of benzene rings is 1. The van der Waals surface area contributed by atoms with Gasteiger partial charge >= 0.3 is 0 Å². The molecule has 7 heteroatoms. The lowest BCUT2D eigenvalue weighted by Gasteiger charge is -2.07. The molecule has 0 atom stereocenters. The third-order valence-corrected chi connectivity index (χ3v) is 5.10. The number of aryl methyl sites for hydroxylation is 1.